The summed E-state index contributed by atoms with van der Waals surface area (Å²) in [6.07, 6.45) is 2.92. The number of guanidine groups is 2. The van der Waals surface area contributed by atoms with E-state index >= 15 is 0 Å². The molecule has 1 aromatic carbocycles. The molecule has 0 aliphatic heterocycles. The van der Waals surface area contributed by atoms with Gasteiger partial charge in [0.05, 0.1) is 16.0 Å². The predicted octanol–water partition coefficient (Wildman–Crippen LogP) is 0.363. The van der Waals surface area contributed by atoms with Crippen LogP contribution in [0.5, 0.6) is 0 Å². The zero-order chi connectivity index (χ0) is 14.7. The fourth-order valence-corrected chi connectivity index (χ4v) is 1.70. The topological polar surface area (TPSA) is 159 Å². The minimum Gasteiger partial charge on any atom is -0.370 e. The maximum Gasteiger partial charge on any atom is 0.277 e. The zero-order valence-corrected chi connectivity index (χ0v) is 10.2. The Labute approximate surface area is 113 Å². The Morgan fingerprint density at radius 3 is 2.60 bits per heavy atom. The van der Waals surface area contributed by atoms with Gasteiger partial charge in [0.2, 0.25) is 5.96 Å². The lowest BCUT2D eigenvalue weighted by molar-refractivity contribution is -0.383. The number of nitrogens with zero attached hydrogens (tertiary/aromatic N) is 4. The van der Waals surface area contributed by atoms with Crippen molar-refractivity contribution in [3.63, 3.8) is 0 Å². The Morgan fingerprint density at radius 2 is 1.95 bits per heavy atom. The number of hydrogen-bond acceptors (Lipinski definition) is 4. The number of pyridine rings is 1. The summed E-state index contributed by atoms with van der Waals surface area (Å²) in [6.45, 7) is 0. The lowest BCUT2D eigenvalue weighted by atomic mass is 10.1. The molecule has 9 heteroatoms. The van der Waals surface area contributed by atoms with Crippen LogP contribution in [0.4, 0.5) is 11.4 Å². The normalized spacial score (nSPS) is 11.3. The number of nitrogens with two attached hydrogens (primary N) is 3. The molecule has 0 radical (unpaired) electrons. The molecule has 6 N–H and O–H groups in total. The van der Waals surface area contributed by atoms with Crippen LogP contribution < -0.4 is 17.2 Å². The van der Waals surface area contributed by atoms with Crippen molar-refractivity contribution in [1.82, 2.24) is 4.98 Å². The van der Waals surface area contributed by atoms with Gasteiger partial charge >= 0.3 is 0 Å². The van der Waals surface area contributed by atoms with E-state index in [2.05, 4.69) is 15.0 Å². The monoisotopic (exact) mass is 273 g/mol. The average Bonchev–Trinajstić information content (AvgIpc) is 2.37. The van der Waals surface area contributed by atoms with Crippen LogP contribution in [0.2, 0.25) is 0 Å². The van der Waals surface area contributed by atoms with Gasteiger partial charge in [-0.2, -0.15) is 4.99 Å². The van der Waals surface area contributed by atoms with E-state index in [0.29, 0.717) is 16.5 Å². The number of rotatable bonds is 2. The molecule has 0 aliphatic carbocycles. The summed E-state index contributed by atoms with van der Waals surface area (Å²) in [5.41, 5.74) is 16.3. The standard InChI is InChI=1S/C11H11N7O2/c12-10(13)17-11(14)16-8-1-2-9(18(19)20)6-3-4-15-5-7(6)8/h1-5H,(H6,12,13,14,16,17). The molecule has 20 heavy (non-hydrogen) atoms. The van der Waals surface area contributed by atoms with Crippen molar-refractivity contribution >= 4 is 34.1 Å². The largest absolute Gasteiger partial charge is 0.370 e. The Hall–Kier alpha value is -3.23. The molecule has 9 nitrogen and oxygen atoms in total. The minimum atomic E-state index is -0.477. The number of benzene rings is 1. The molecular weight excluding hydrogens is 262 g/mol. The summed E-state index contributed by atoms with van der Waals surface area (Å²) in [7, 11) is 0. The van der Waals surface area contributed by atoms with Crippen molar-refractivity contribution in [2.75, 3.05) is 0 Å². The lowest BCUT2D eigenvalue weighted by Gasteiger charge is -2.03. The zero-order valence-electron chi connectivity index (χ0n) is 10.2. The lowest BCUT2D eigenvalue weighted by Crippen LogP contribution is -2.26. The van der Waals surface area contributed by atoms with Crippen molar-refractivity contribution in [3.05, 3.63) is 40.7 Å². The van der Waals surface area contributed by atoms with Crippen LogP contribution in [0.1, 0.15) is 0 Å². The van der Waals surface area contributed by atoms with Crippen LogP contribution in [0, 0.1) is 10.1 Å². The third-order valence-electron chi connectivity index (χ3n) is 2.45. The number of fused-ring (bicyclic) bond motifs is 1. The first-order chi connectivity index (χ1) is 9.49. The highest BCUT2D eigenvalue weighted by Gasteiger charge is 2.14. The first kappa shape index (κ1) is 13.2. The van der Waals surface area contributed by atoms with Crippen molar-refractivity contribution < 1.29 is 4.92 Å². The molecule has 1 aromatic heterocycles. The molecule has 0 spiro atoms. The number of nitro groups is 1. The van der Waals surface area contributed by atoms with E-state index in [1.165, 1.54) is 30.6 Å². The van der Waals surface area contributed by atoms with Gasteiger partial charge in [0.15, 0.2) is 5.96 Å². The maximum absolute atomic E-state index is 11.0. The predicted molar refractivity (Wildman–Crippen MR) is 75.5 cm³/mol. The molecule has 102 valence electrons. The molecule has 0 atom stereocenters. The van der Waals surface area contributed by atoms with Crippen molar-refractivity contribution in [2.45, 2.75) is 0 Å². The van der Waals surface area contributed by atoms with Crippen molar-refractivity contribution in [2.24, 2.45) is 27.2 Å². The summed E-state index contributed by atoms with van der Waals surface area (Å²) in [5.74, 6) is -0.375. The summed E-state index contributed by atoms with van der Waals surface area (Å²) in [5, 5.41) is 11.9. The SMILES string of the molecule is NC(N)=NC(N)=Nc1ccc([N+](=O)[O-])c2ccncc12. The summed E-state index contributed by atoms with van der Waals surface area (Å²) in [6, 6.07) is 4.32. The third-order valence-corrected chi connectivity index (χ3v) is 2.45. The number of hydrogen-bond donors (Lipinski definition) is 3. The molecule has 0 bridgehead atoms. The first-order valence-electron chi connectivity index (χ1n) is 5.44. The molecular formula is C11H11N7O2. The number of nitro benzene ring substituents is 1. The fraction of sp³-hybridized carbons (Fsp3) is 0. The van der Waals surface area contributed by atoms with Gasteiger partial charge in [-0.05, 0) is 12.1 Å². The van der Waals surface area contributed by atoms with Gasteiger partial charge in [0, 0.05) is 23.8 Å². The van der Waals surface area contributed by atoms with Gasteiger partial charge in [0.1, 0.15) is 0 Å². The van der Waals surface area contributed by atoms with Gasteiger partial charge in [0.25, 0.3) is 5.69 Å². The highest BCUT2D eigenvalue weighted by atomic mass is 16.6. The van der Waals surface area contributed by atoms with Gasteiger partial charge in [-0.1, -0.05) is 0 Å². The van der Waals surface area contributed by atoms with E-state index in [9.17, 15) is 10.1 Å². The quantitative estimate of drug-likeness (QED) is 0.310. The number of aliphatic imine (C=N–C) groups is 2. The molecule has 0 fully saturated rings. The Morgan fingerprint density at radius 1 is 1.20 bits per heavy atom. The maximum atomic E-state index is 11.0. The molecule has 0 amide bonds. The van der Waals surface area contributed by atoms with E-state index in [4.69, 9.17) is 17.2 Å². The highest BCUT2D eigenvalue weighted by molar-refractivity contribution is 6.01. The second-order valence-electron chi connectivity index (χ2n) is 3.79. The third kappa shape index (κ3) is 2.61. The van der Waals surface area contributed by atoms with E-state index in [-0.39, 0.29) is 17.6 Å². The molecule has 2 rings (SSSR count). The van der Waals surface area contributed by atoms with Crippen molar-refractivity contribution in [1.29, 1.82) is 0 Å². The van der Waals surface area contributed by atoms with Crippen LogP contribution in [-0.2, 0) is 0 Å². The molecule has 2 aromatic rings. The second kappa shape index (κ2) is 5.18. The fourth-order valence-electron chi connectivity index (χ4n) is 1.70. The Bertz CT molecular complexity index is 735. The van der Waals surface area contributed by atoms with Gasteiger partial charge < -0.3 is 17.2 Å². The van der Waals surface area contributed by atoms with E-state index < -0.39 is 4.92 Å². The van der Waals surface area contributed by atoms with Gasteiger partial charge in [-0.15, -0.1) is 0 Å². The van der Waals surface area contributed by atoms with Crippen LogP contribution in [0.3, 0.4) is 0 Å². The van der Waals surface area contributed by atoms with Gasteiger partial charge in [-0.3, -0.25) is 15.1 Å². The van der Waals surface area contributed by atoms with Crippen LogP contribution in [0.25, 0.3) is 10.8 Å². The van der Waals surface area contributed by atoms with Gasteiger partial charge in [-0.25, -0.2) is 4.99 Å². The smallest absolute Gasteiger partial charge is 0.277 e. The molecule has 0 saturated heterocycles. The van der Waals surface area contributed by atoms with Crippen LogP contribution >= 0.6 is 0 Å². The molecule has 1 heterocycles. The second-order valence-corrected chi connectivity index (χ2v) is 3.79. The Kier molecular flexibility index (Phi) is 3.42. The number of aromatic nitrogens is 1. The summed E-state index contributed by atoms with van der Waals surface area (Å²) >= 11 is 0. The number of non-ortho nitro benzene ring substituents is 1. The first-order valence-corrected chi connectivity index (χ1v) is 5.44. The van der Waals surface area contributed by atoms with Crippen molar-refractivity contribution in [3.8, 4) is 0 Å². The van der Waals surface area contributed by atoms with Crippen LogP contribution in [-0.4, -0.2) is 21.8 Å². The summed E-state index contributed by atoms with van der Waals surface area (Å²) < 4.78 is 0. The van der Waals surface area contributed by atoms with E-state index in [1.54, 1.807) is 0 Å². The average molecular weight is 273 g/mol. The van der Waals surface area contributed by atoms with E-state index in [1.807, 2.05) is 0 Å². The Balaban J connectivity index is 2.65. The van der Waals surface area contributed by atoms with Crippen LogP contribution in [0.15, 0.2) is 40.6 Å². The molecule has 0 aliphatic rings. The molecule has 0 saturated carbocycles. The minimum absolute atomic E-state index is 0.0400. The molecule has 0 unspecified atom stereocenters. The van der Waals surface area contributed by atoms with E-state index in [0.717, 1.165) is 0 Å². The highest BCUT2D eigenvalue weighted by Crippen LogP contribution is 2.32. The summed E-state index contributed by atoms with van der Waals surface area (Å²) in [4.78, 5) is 22.0.